The molecule has 1 rings (SSSR count). The van der Waals surface area contributed by atoms with Gasteiger partial charge in [0.25, 0.3) is 0 Å². The Labute approximate surface area is 115 Å². The standard InChI is InChI=1S/C14H27N3O2/c1-10(17-13(19)14(2,3)4)12(18)16-9-11-6-5-7-15-8-11/h10-11,15H,5-9H2,1-4H3,(H,16,18)(H,17,19). The van der Waals surface area contributed by atoms with E-state index in [0.29, 0.717) is 12.5 Å². The molecule has 0 aliphatic carbocycles. The maximum atomic E-state index is 11.9. The first kappa shape index (κ1) is 16.0. The summed E-state index contributed by atoms with van der Waals surface area (Å²) in [6.07, 6.45) is 2.31. The Bertz CT molecular complexity index is 317. The molecule has 2 atom stereocenters. The van der Waals surface area contributed by atoms with E-state index >= 15 is 0 Å². The Morgan fingerprint density at radius 3 is 2.58 bits per heavy atom. The lowest BCUT2D eigenvalue weighted by Crippen LogP contribution is -2.49. The summed E-state index contributed by atoms with van der Waals surface area (Å²) in [6, 6.07) is -0.483. The third-order valence-corrected chi connectivity index (χ3v) is 3.39. The molecule has 1 heterocycles. The quantitative estimate of drug-likeness (QED) is 0.702. The highest BCUT2D eigenvalue weighted by molar-refractivity contribution is 5.89. The Balaban J connectivity index is 2.30. The van der Waals surface area contributed by atoms with Crippen molar-refractivity contribution in [1.82, 2.24) is 16.0 Å². The van der Waals surface area contributed by atoms with Crippen LogP contribution in [0.3, 0.4) is 0 Å². The third kappa shape index (κ3) is 5.59. The summed E-state index contributed by atoms with van der Waals surface area (Å²) in [5.74, 6) is 0.292. The van der Waals surface area contributed by atoms with Crippen molar-refractivity contribution in [3.8, 4) is 0 Å². The molecule has 0 radical (unpaired) electrons. The first-order valence-corrected chi connectivity index (χ1v) is 7.10. The van der Waals surface area contributed by atoms with Gasteiger partial charge >= 0.3 is 0 Å². The Morgan fingerprint density at radius 1 is 1.37 bits per heavy atom. The highest BCUT2D eigenvalue weighted by Gasteiger charge is 2.25. The molecule has 19 heavy (non-hydrogen) atoms. The fourth-order valence-electron chi connectivity index (χ4n) is 1.97. The number of rotatable bonds is 4. The SMILES string of the molecule is CC(NC(=O)C(C)(C)C)C(=O)NCC1CCCNC1. The van der Waals surface area contributed by atoms with Crippen molar-refractivity contribution in [2.45, 2.75) is 46.6 Å². The van der Waals surface area contributed by atoms with Gasteiger partial charge in [0.05, 0.1) is 0 Å². The van der Waals surface area contributed by atoms with Crippen LogP contribution in [0.4, 0.5) is 0 Å². The number of hydrogen-bond donors (Lipinski definition) is 3. The minimum atomic E-state index is -0.483. The monoisotopic (exact) mass is 269 g/mol. The lowest BCUT2D eigenvalue weighted by molar-refractivity contribution is -0.133. The van der Waals surface area contributed by atoms with E-state index in [4.69, 9.17) is 0 Å². The second-order valence-corrected chi connectivity index (χ2v) is 6.40. The molecule has 0 aromatic rings. The second kappa shape index (κ2) is 6.89. The molecule has 110 valence electrons. The number of hydrogen-bond acceptors (Lipinski definition) is 3. The third-order valence-electron chi connectivity index (χ3n) is 3.39. The van der Waals surface area contributed by atoms with Gasteiger partial charge in [-0.2, -0.15) is 0 Å². The van der Waals surface area contributed by atoms with E-state index in [1.807, 2.05) is 20.8 Å². The van der Waals surface area contributed by atoms with Gasteiger partial charge < -0.3 is 16.0 Å². The Kier molecular flexibility index (Phi) is 5.79. The van der Waals surface area contributed by atoms with Gasteiger partial charge in [-0.3, -0.25) is 9.59 Å². The van der Waals surface area contributed by atoms with Crippen molar-refractivity contribution in [3.05, 3.63) is 0 Å². The van der Waals surface area contributed by atoms with E-state index in [2.05, 4.69) is 16.0 Å². The van der Waals surface area contributed by atoms with Crippen LogP contribution in [0.5, 0.6) is 0 Å². The van der Waals surface area contributed by atoms with Crippen molar-refractivity contribution in [2.24, 2.45) is 11.3 Å². The van der Waals surface area contributed by atoms with Gasteiger partial charge in [0.1, 0.15) is 6.04 Å². The lowest BCUT2D eigenvalue weighted by Gasteiger charge is -2.25. The maximum Gasteiger partial charge on any atom is 0.242 e. The van der Waals surface area contributed by atoms with E-state index in [1.165, 1.54) is 0 Å². The van der Waals surface area contributed by atoms with Crippen LogP contribution in [0, 0.1) is 11.3 Å². The molecule has 2 unspecified atom stereocenters. The second-order valence-electron chi connectivity index (χ2n) is 6.40. The summed E-state index contributed by atoms with van der Waals surface area (Å²) in [4.78, 5) is 23.7. The minimum absolute atomic E-state index is 0.102. The number of piperidine rings is 1. The van der Waals surface area contributed by atoms with Crippen molar-refractivity contribution < 1.29 is 9.59 Å². The summed E-state index contributed by atoms with van der Waals surface area (Å²) < 4.78 is 0. The highest BCUT2D eigenvalue weighted by atomic mass is 16.2. The molecule has 1 fully saturated rings. The summed E-state index contributed by atoms with van der Waals surface area (Å²) >= 11 is 0. The molecule has 5 heteroatoms. The number of nitrogens with one attached hydrogen (secondary N) is 3. The van der Waals surface area contributed by atoms with Crippen molar-refractivity contribution >= 4 is 11.8 Å². The van der Waals surface area contributed by atoms with Gasteiger partial charge in [0.2, 0.25) is 11.8 Å². The van der Waals surface area contributed by atoms with E-state index in [1.54, 1.807) is 6.92 Å². The van der Waals surface area contributed by atoms with Crippen LogP contribution in [0.1, 0.15) is 40.5 Å². The van der Waals surface area contributed by atoms with Crippen molar-refractivity contribution in [2.75, 3.05) is 19.6 Å². The van der Waals surface area contributed by atoms with Crippen LogP contribution in [-0.4, -0.2) is 37.5 Å². The van der Waals surface area contributed by atoms with Crippen LogP contribution < -0.4 is 16.0 Å². The number of carbonyl (C=O) groups excluding carboxylic acids is 2. The molecule has 0 saturated carbocycles. The van der Waals surface area contributed by atoms with Crippen LogP contribution in [-0.2, 0) is 9.59 Å². The molecule has 1 aliphatic heterocycles. The molecule has 0 bridgehead atoms. The Morgan fingerprint density at radius 2 is 2.05 bits per heavy atom. The maximum absolute atomic E-state index is 11.9. The minimum Gasteiger partial charge on any atom is -0.354 e. The Hall–Kier alpha value is -1.10. The van der Waals surface area contributed by atoms with E-state index in [-0.39, 0.29) is 11.8 Å². The van der Waals surface area contributed by atoms with Crippen LogP contribution >= 0.6 is 0 Å². The first-order valence-electron chi connectivity index (χ1n) is 7.10. The lowest BCUT2D eigenvalue weighted by atomic mass is 9.95. The normalized spacial score (nSPS) is 21.6. The number of carbonyl (C=O) groups is 2. The summed E-state index contributed by atoms with van der Waals surface area (Å²) in [7, 11) is 0. The summed E-state index contributed by atoms with van der Waals surface area (Å²) in [5.41, 5.74) is -0.470. The zero-order chi connectivity index (χ0) is 14.5. The smallest absolute Gasteiger partial charge is 0.242 e. The fourth-order valence-corrected chi connectivity index (χ4v) is 1.97. The van der Waals surface area contributed by atoms with Gasteiger partial charge in [0.15, 0.2) is 0 Å². The van der Waals surface area contributed by atoms with Crippen molar-refractivity contribution in [3.63, 3.8) is 0 Å². The highest BCUT2D eigenvalue weighted by Crippen LogP contribution is 2.13. The van der Waals surface area contributed by atoms with Gasteiger partial charge in [-0.05, 0) is 38.8 Å². The van der Waals surface area contributed by atoms with Gasteiger partial charge in [-0.1, -0.05) is 20.8 Å². The average Bonchev–Trinajstić information content (AvgIpc) is 2.35. The molecule has 1 saturated heterocycles. The average molecular weight is 269 g/mol. The fraction of sp³-hybridized carbons (Fsp3) is 0.857. The first-order chi connectivity index (χ1) is 8.80. The van der Waals surface area contributed by atoms with Crippen LogP contribution in [0.2, 0.25) is 0 Å². The molecule has 1 aliphatic rings. The summed E-state index contributed by atoms with van der Waals surface area (Å²) in [5, 5.41) is 8.97. The molecule has 0 spiro atoms. The van der Waals surface area contributed by atoms with Gasteiger partial charge in [-0.25, -0.2) is 0 Å². The molecule has 2 amide bonds. The molecule has 5 nitrogen and oxygen atoms in total. The van der Waals surface area contributed by atoms with E-state index in [0.717, 1.165) is 25.9 Å². The molecular weight excluding hydrogens is 242 g/mol. The van der Waals surface area contributed by atoms with E-state index in [9.17, 15) is 9.59 Å². The van der Waals surface area contributed by atoms with Crippen LogP contribution in [0.15, 0.2) is 0 Å². The van der Waals surface area contributed by atoms with Gasteiger partial charge in [0, 0.05) is 12.0 Å². The molecule has 0 aromatic carbocycles. The van der Waals surface area contributed by atoms with Crippen molar-refractivity contribution in [1.29, 1.82) is 0 Å². The summed E-state index contributed by atoms with van der Waals surface area (Å²) in [6.45, 7) is 9.94. The van der Waals surface area contributed by atoms with Gasteiger partial charge in [-0.15, -0.1) is 0 Å². The zero-order valence-corrected chi connectivity index (χ0v) is 12.5. The zero-order valence-electron chi connectivity index (χ0n) is 12.5. The van der Waals surface area contributed by atoms with Crippen LogP contribution in [0.25, 0.3) is 0 Å². The number of amides is 2. The predicted molar refractivity (Wildman–Crippen MR) is 75.7 cm³/mol. The predicted octanol–water partition coefficient (Wildman–Crippen LogP) is 0.653. The topological polar surface area (TPSA) is 70.2 Å². The van der Waals surface area contributed by atoms with E-state index < -0.39 is 11.5 Å². The molecule has 3 N–H and O–H groups in total. The molecular formula is C14H27N3O2. The largest absolute Gasteiger partial charge is 0.354 e. The molecule has 0 aromatic heterocycles.